The molecule has 0 saturated carbocycles. The van der Waals surface area contributed by atoms with Crippen LogP contribution in [0.4, 0.5) is 8.78 Å². The predicted octanol–water partition coefficient (Wildman–Crippen LogP) is 2.95. The summed E-state index contributed by atoms with van der Waals surface area (Å²) in [6.07, 6.45) is 2.28. The van der Waals surface area contributed by atoms with Gasteiger partial charge in [-0.05, 0) is 31.4 Å². The van der Waals surface area contributed by atoms with E-state index in [1.165, 1.54) is 18.6 Å². The van der Waals surface area contributed by atoms with Gasteiger partial charge in [-0.1, -0.05) is 13.0 Å². The molecule has 1 saturated heterocycles. The zero-order chi connectivity index (χ0) is 13.1. The molecule has 5 heteroatoms. The second-order valence-electron chi connectivity index (χ2n) is 5.13. The Labute approximate surface area is 119 Å². The number of hydrogen-bond acceptors (Lipinski definition) is 2. The number of rotatable bonds is 3. The number of hydrogen-bond donors (Lipinski definition) is 1. The average Bonchev–Trinajstić information content (AvgIpc) is 2.33. The Bertz CT molecular complexity index is 414. The Hall–Kier alpha value is -0.710. The van der Waals surface area contributed by atoms with Crippen molar-refractivity contribution in [1.82, 2.24) is 4.90 Å². The lowest BCUT2D eigenvalue weighted by Gasteiger charge is -2.39. The Morgan fingerprint density at radius 2 is 2.11 bits per heavy atom. The van der Waals surface area contributed by atoms with E-state index >= 15 is 0 Å². The smallest absolute Gasteiger partial charge is 0.130 e. The topological polar surface area (TPSA) is 29.3 Å². The van der Waals surface area contributed by atoms with Crippen molar-refractivity contribution in [3.05, 3.63) is 35.4 Å². The lowest BCUT2D eigenvalue weighted by atomic mass is 9.90. The quantitative estimate of drug-likeness (QED) is 0.927. The molecule has 2 atom stereocenters. The summed E-state index contributed by atoms with van der Waals surface area (Å²) in [7, 11) is 0. The molecule has 0 aliphatic carbocycles. The molecule has 0 spiro atoms. The first-order chi connectivity index (χ1) is 8.61. The fourth-order valence-electron chi connectivity index (χ4n) is 2.78. The number of nitrogens with two attached hydrogens (primary N) is 1. The van der Waals surface area contributed by atoms with Crippen LogP contribution < -0.4 is 5.73 Å². The molecule has 1 heterocycles. The van der Waals surface area contributed by atoms with E-state index in [0.717, 1.165) is 19.0 Å². The lowest BCUT2D eigenvalue weighted by Crippen LogP contribution is -2.48. The second-order valence-corrected chi connectivity index (χ2v) is 5.13. The maximum atomic E-state index is 13.6. The zero-order valence-electron chi connectivity index (χ0n) is 11.1. The van der Waals surface area contributed by atoms with Crippen LogP contribution in [-0.4, -0.2) is 24.0 Å². The lowest BCUT2D eigenvalue weighted by molar-refractivity contribution is 0.0978. The van der Waals surface area contributed by atoms with Crippen molar-refractivity contribution in [2.75, 3.05) is 13.1 Å². The van der Waals surface area contributed by atoms with Crippen molar-refractivity contribution in [2.24, 2.45) is 11.7 Å². The fourth-order valence-corrected chi connectivity index (χ4v) is 2.78. The maximum Gasteiger partial charge on any atom is 0.130 e. The van der Waals surface area contributed by atoms with Crippen molar-refractivity contribution in [3.8, 4) is 0 Å². The highest BCUT2D eigenvalue weighted by Crippen LogP contribution is 2.25. The molecule has 1 aliphatic rings. The monoisotopic (exact) mass is 290 g/mol. The third-order valence-electron chi connectivity index (χ3n) is 3.86. The van der Waals surface area contributed by atoms with Gasteiger partial charge < -0.3 is 5.73 Å². The minimum atomic E-state index is -0.529. The summed E-state index contributed by atoms with van der Waals surface area (Å²) < 4.78 is 26.5. The van der Waals surface area contributed by atoms with E-state index in [1.807, 2.05) is 0 Å². The maximum absolute atomic E-state index is 13.6. The van der Waals surface area contributed by atoms with Crippen LogP contribution in [0.3, 0.4) is 0 Å². The molecule has 1 aromatic carbocycles. The normalized spacial score (nSPS) is 24.0. The van der Waals surface area contributed by atoms with Crippen molar-refractivity contribution < 1.29 is 8.78 Å². The molecule has 1 aliphatic heterocycles. The van der Waals surface area contributed by atoms with E-state index in [9.17, 15) is 8.78 Å². The molecular weight excluding hydrogens is 270 g/mol. The van der Waals surface area contributed by atoms with Crippen LogP contribution in [0, 0.1) is 17.6 Å². The van der Waals surface area contributed by atoms with Crippen LogP contribution in [-0.2, 0) is 6.54 Å². The van der Waals surface area contributed by atoms with Gasteiger partial charge in [0, 0.05) is 30.8 Å². The summed E-state index contributed by atoms with van der Waals surface area (Å²) in [5.41, 5.74) is 6.35. The Kier molecular flexibility index (Phi) is 6.17. The Balaban J connectivity index is 0.00000180. The van der Waals surface area contributed by atoms with Crippen LogP contribution in [0.15, 0.2) is 18.2 Å². The van der Waals surface area contributed by atoms with Gasteiger partial charge in [0.1, 0.15) is 11.6 Å². The molecule has 0 radical (unpaired) electrons. The molecule has 1 aromatic rings. The van der Waals surface area contributed by atoms with Gasteiger partial charge in [0.05, 0.1) is 0 Å². The van der Waals surface area contributed by atoms with Gasteiger partial charge in [0.15, 0.2) is 0 Å². The molecule has 108 valence electrons. The molecule has 0 amide bonds. The van der Waals surface area contributed by atoms with Crippen LogP contribution in [0.5, 0.6) is 0 Å². The van der Waals surface area contributed by atoms with E-state index in [-0.39, 0.29) is 12.4 Å². The number of halogens is 3. The summed E-state index contributed by atoms with van der Waals surface area (Å²) in [5, 5.41) is 0. The zero-order valence-corrected chi connectivity index (χ0v) is 11.9. The first-order valence-electron chi connectivity index (χ1n) is 6.50. The molecule has 19 heavy (non-hydrogen) atoms. The summed E-state index contributed by atoms with van der Waals surface area (Å²) in [6.45, 7) is 4.22. The van der Waals surface area contributed by atoms with Crippen molar-refractivity contribution in [3.63, 3.8) is 0 Å². The molecule has 2 N–H and O–H groups in total. The number of benzene rings is 1. The fraction of sp³-hybridized carbons (Fsp3) is 0.571. The molecule has 2 unspecified atom stereocenters. The number of nitrogens with zero attached hydrogens (tertiary/aromatic N) is 1. The van der Waals surface area contributed by atoms with Gasteiger partial charge in [-0.2, -0.15) is 0 Å². The van der Waals surface area contributed by atoms with Crippen LogP contribution >= 0.6 is 12.4 Å². The molecule has 0 bridgehead atoms. The van der Waals surface area contributed by atoms with E-state index in [2.05, 4.69) is 11.8 Å². The third-order valence-corrected chi connectivity index (χ3v) is 3.86. The van der Waals surface area contributed by atoms with Gasteiger partial charge in [0.2, 0.25) is 0 Å². The highest BCUT2D eigenvalue weighted by Gasteiger charge is 2.27. The summed E-state index contributed by atoms with van der Waals surface area (Å²) in [6, 6.07) is 4.07. The van der Waals surface area contributed by atoms with Crippen LogP contribution in [0.25, 0.3) is 0 Å². The largest absolute Gasteiger partial charge is 0.329 e. The molecule has 0 aromatic heterocycles. The molecule has 2 rings (SSSR count). The summed E-state index contributed by atoms with van der Waals surface area (Å²) >= 11 is 0. The van der Waals surface area contributed by atoms with E-state index in [1.54, 1.807) is 0 Å². The van der Waals surface area contributed by atoms with Gasteiger partial charge in [0.25, 0.3) is 0 Å². The first kappa shape index (κ1) is 16.3. The van der Waals surface area contributed by atoms with Gasteiger partial charge >= 0.3 is 0 Å². The van der Waals surface area contributed by atoms with Gasteiger partial charge in [-0.25, -0.2) is 8.78 Å². The average molecular weight is 291 g/mol. The van der Waals surface area contributed by atoms with Gasteiger partial charge in [-0.3, -0.25) is 4.90 Å². The SMILES string of the molecule is CC1CCCN(Cc2ccc(F)cc2F)C1CN.Cl. The number of likely N-dealkylation sites (tertiary alicyclic amines) is 1. The van der Waals surface area contributed by atoms with E-state index < -0.39 is 11.6 Å². The molecule has 1 fully saturated rings. The first-order valence-corrected chi connectivity index (χ1v) is 6.50. The van der Waals surface area contributed by atoms with Crippen molar-refractivity contribution in [2.45, 2.75) is 32.4 Å². The van der Waals surface area contributed by atoms with E-state index in [4.69, 9.17) is 5.73 Å². The minimum absolute atomic E-state index is 0. The standard InChI is InChI=1S/C14H20F2N2.ClH/c1-10-3-2-6-18(14(10)8-17)9-11-4-5-12(15)7-13(11)16;/h4-5,7,10,14H,2-3,6,8-9,17H2,1H3;1H. The summed E-state index contributed by atoms with van der Waals surface area (Å²) in [4.78, 5) is 2.21. The Morgan fingerprint density at radius 1 is 1.37 bits per heavy atom. The molecular formula is C14H21ClF2N2. The van der Waals surface area contributed by atoms with Crippen LogP contribution in [0.1, 0.15) is 25.3 Å². The van der Waals surface area contributed by atoms with Crippen molar-refractivity contribution in [1.29, 1.82) is 0 Å². The summed E-state index contributed by atoms with van der Waals surface area (Å²) in [5.74, 6) is -0.463. The second kappa shape index (κ2) is 7.17. The van der Waals surface area contributed by atoms with E-state index in [0.29, 0.717) is 30.6 Å². The minimum Gasteiger partial charge on any atom is -0.329 e. The molecule has 2 nitrogen and oxygen atoms in total. The van der Waals surface area contributed by atoms with Crippen LogP contribution in [0.2, 0.25) is 0 Å². The Morgan fingerprint density at radius 3 is 2.74 bits per heavy atom. The van der Waals surface area contributed by atoms with Gasteiger partial charge in [-0.15, -0.1) is 12.4 Å². The predicted molar refractivity (Wildman–Crippen MR) is 75.3 cm³/mol. The van der Waals surface area contributed by atoms with Crippen molar-refractivity contribution >= 4 is 12.4 Å². The highest BCUT2D eigenvalue weighted by molar-refractivity contribution is 5.85. The third kappa shape index (κ3) is 3.88. The number of piperidine rings is 1. The highest BCUT2D eigenvalue weighted by atomic mass is 35.5.